The standard InChI is InChI=1S/C21H27N5O2/c1-15(27)25(3)14-17-13-19(22-2)24-20(23-17)18-11-7-8-12-26(18)21(28)16-9-5-4-6-10-16/h4-6,9-10,13,18H,7-8,11-12,14H2,1-3H3,(H,22,23,24). The Morgan fingerprint density at radius 1 is 1.21 bits per heavy atom. The summed E-state index contributed by atoms with van der Waals surface area (Å²) in [5.41, 5.74) is 1.43. The second kappa shape index (κ2) is 8.82. The van der Waals surface area contributed by atoms with E-state index in [9.17, 15) is 9.59 Å². The van der Waals surface area contributed by atoms with Crippen LogP contribution >= 0.6 is 0 Å². The quantitative estimate of drug-likeness (QED) is 0.862. The number of nitrogens with zero attached hydrogens (tertiary/aromatic N) is 4. The number of rotatable bonds is 5. The van der Waals surface area contributed by atoms with E-state index in [0.29, 0.717) is 30.3 Å². The molecule has 2 heterocycles. The number of hydrogen-bond donors (Lipinski definition) is 1. The second-order valence-electron chi connectivity index (χ2n) is 7.10. The van der Waals surface area contributed by atoms with Crippen molar-refractivity contribution < 1.29 is 9.59 Å². The van der Waals surface area contributed by atoms with Gasteiger partial charge in [-0.3, -0.25) is 9.59 Å². The Bertz CT molecular complexity index is 840. The van der Waals surface area contributed by atoms with E-state index in [-0.39, 0.29) is 17.9 Å². The maximum absolute atomic E-state index is 13.1. The summed E-state index contributed by atoms with van der Waals surface area (Å²) in [4.78, 5) is 37.5. The van der Waals surface area contributed by atoms with Crippen LogP contribution in [0.3, 0.4) is 0 Å². The molecule has 1 aromatic carbocycles. The predicted molar refractivity (Wildman–Crippen MR) is 108 cm³/mol. The highest BCUT2D eigenvalue weighted by Crippen LogP contribution is 2.31. The zero-order chi connectivity index (χ0) is 20.1. The van der Waals surface area contributed by atoms with Gasteiger partial charge in [0.2, 0.25) is 5.91 Å². The van der Waals surface area contributed by atoms with Crippen LogP contribution in [-0.4, -0.2) is 52.2 Å². The Labute approximate surface area is 165 Å². The van der Waals surface area contributed by atoms with Crippen molar-refractivity contribution in [2.75, 3.05) is 26.0 Å². The zero-order valence-electron chi connectivity index (χ0n) is 16.7. The summed E-state index contributed by atoms with van der Waals surface area (Å²) in [5, 5.41) is 3.07. The molecule has 1 N–H and O–H groups in total. The lowest BCUT2D eigenvalue weighted by Crippen LogP contribution is -2.39. The van der Waals surface area contributed by atoms with Crippen molar-refractivity contribution in [2.45, 2.75) is 38.8 Å². The monoisotopic (exact) mass is 381 g/mol. The third-order valence-electron chi connectivity index (χ3n) is 5.07. The molecule has 2 aromatic rings. The van der Waals surface area contributed by atoms with Crippen LogP contribution in [0.4, 0.5) is 5.82 Å². The van der Waals surface area contributed by atoms with Gasteiger partial charge in [0.1, 0.15) is 5.82 Å². The number of carbonyl (C=O) groups is 2. The van der Waals surface area contributed by atoms with E-state index in [0.717, 1.165) is 25.0 Å². The largest absolute Gasteiger partial charge is 0.373 e. The molecule has 0 bridgehead atoms. The van der Waals surface area contributed by atoms with Gasteiger partial charge < -0.3 is 15.1 Å². The topological polar surface area (TPSA) is 78.4 Å². The van der Waals surface area contributed by atoms with Gasteiger partial charge >= 0.3 is 0 Å². The predicted octanol–water partition coefficient (Wildman–Crippen LogP) is 2.86. The molecule has 1 saturated heterocycles. The Hall–Kier alpha value is -2.96. The average molecular weight is 381 g/mol. The van der Waals surface area contributed by atoms with Gasteiger partial charge in [-0.2, -0.15) is 0 Å². The van der Waals surface area contributed by atoms with Crippen LogP contribution < -0.4 is 5.32 Å². The molecule has 7 nitrogen and oxygen atoms in total. The first-order valence-corrected chi connectivity index (χ1v) is 9.63. The minimum absolute atomic E-state index is 0.00571. The van der Waals surface area contributed by atoms with Crippen LogP contribution in [0.2, 0.25) is 0 Å². The van der Waals surface area contributed by atoms with Gasteiger partial charge in [0.15, 0.2) is 5.82 Å². The highest BCUT2D eigenvalue weighted by molar-refractivity contribution is 5.94. The van der Waals surface area contributed by atoms with Gasteiger partial charge in [-0.05, 0) is 31.4 Å². The normalized spacial score (nSPS) is 16.5. The van der Waals surface area contributed by atoms with Crippen molar-refractivity contribution >= 4 is 17.6 Å². The number of carbonyl (C=O) groups excluding carboxylic acids is 2. The Morgan fingerprint density at radius 3 is 2.64 bits per heavy atom. The van der Waals surface area contributed by atoms with Crippen LogP contribution in [0, 0.1) is 0 Å². The van der Waals surface area contributed by atoms with Crippen molar-refractivity contribution in [3.05, 3.63) is 53.5 Å². The summed E-state index contributed by atoms with van der Waals surface area (Å²) < 4.78 is 0. The molecule has 148 valence electrons. The van der Waals surface area contributed by atoms with Crippen LogP contribution in [0.15, 0.2) is 36.4 Å². The fraction of sp³-hybridized carbons (Fsp3) is 0.429. The molecule has 0 spiro atoms. The van der Waals surface area contributed by atoms with E-state index in [2.05, 4.69) is 10.3 Å². The van der Waals surface area contributed by atoms with E-state index in [1.54, 1.807) is 19.0 Å². The molecule has 0 saturated carbocycles. The highest BCUT2D eigenvalue weighted by atomic mass is 16.2. The fourth-order valence-corrected chi connectivity index (χ4v) is 3.42. The summed E-state index contributed by atoms with van der Waals surface area (Å²) in [7, 11) is 3.55. The lowest BCUT2D eigenvalue weighted by Gasteiger charge is -2.35. The van der Waals surface area contributed by atoms with Crippen LogP contribution in [0.5, 0.6) is 0 Å². The number of aromatic nitrogens is 2. The Kier molecular flexibility index (Phi) is 6.23. The van der Waals surface area contributed by atoms with Gasteiger partial charge in [0, 0.05) is 39.2 Å². The first-order chi connectivity index (χ1) is 13.5. The van der Waals surface area contributed by atoms with Crippen molar-refractivity contribution in [1.29, 1.82) is 0 Å². The molecule has 0 aliphatic carbocycles. The van der Waals surface area contributed by atoms with Crippen molar-refractivity contribution in [1.82, 2.24) is 19.8 Å². The SMILES string of the molecule is CNc1cc(CN(C)C(C)=O)nc(C2CCCCN2C(=O)c2ccccc2)n1. The zero-order valence-corrected chi connectivity index (χ0v) is 16.7. The van der Waals surface area contributed by atoms with E-state index in [1.165, 1.54) is 6.92 Å². The molecule has 1 aliphatic rings. The average Bonchev–Trinajstić information content (AvgIpc) is 2.73. The van der Waals surface area contributed by atoms with Gasteiger partial charge in [-0.15, -0.1) is 0 Å². The maximum Gasteiger partial charge on any atom is 0.254 e. The summed E-state index contributed by atoms with van der Waals surface area (Å²) in [6.07, 6.45) is 2.83. The molecular weight excluding hydrogens is 354 g/mol. The number of benzene rings is 1. The first-order valence-electron chi connectivity index (χ1n) is 9.63. The fourth-order valence-electron chi connectivity index (χ4n) is 3.42. The summed E-state index contributed by atoms with van der Waals surface area (Å²) >= 11 is 0. The maximum atomic E-state index is 13.1. The summed E-state index contributed by atoms with van der Waals surface area (Å²) in [5.74, 6) is 1.30. The molecular formula is C21H27N5O2. The molecule has 0 radical (unpaired) electrons. The summed E-state index contributed by atoms with van der Waals surface area (Å²) in [6.45, 7) is 2.62. The van der Waals surface area contributed by atoms with E-state index in [1.807, 2.05) is 41.3 Å². The molecule has 1 aromatic heterocycles. The van der Waals surface area contributed by atoms with Gasteiger partial charge in [-0.25, -0.2) is 9.97 Å². The summed E-state index contributed by atoms with van der Waals surface area (Å²) in [6, 6.07) is 11.0. The third kappa shape index (κ3) is 4.47. The highest BCUT2D eigenvalue weighted by Gasteiger charge is 2.31. The lowest BCUT2D eigenvalue weighted by molar-refractivity contribution is -0.128. The molecule has 1 aliphatic heterocycles. The number of amides is 2. The van der Waals surface area contributed by atoms with Crippen molar-refractivity contribution in [2.24, 2.45) is 0 Å². The molecule has 28 heavy (non-hydrogen) atoms. The Balaban J connectivity index is 1.92. The molecule has 1 fully saturated rings. The number of hydrogen-bond acceptors (Lipinski definition) is 5. The second-order valence-corrected chi connectivity index (χ2v) is 7.10. The van der Waals surface area contributed by atoms with Gasteiger partial charge in [0.25, 0.3) is 5.91 Å². The van der Waals surface area contributed by atoms with E-state index >= 15 is 0 Å². The molecule has 1 unspecified atom stereocenters. The Morgan fingerprint density at radius 2 is 1.96 bits per heavy atom. The van der Waals surface area contributed by atoms with Gasteiger partial charge in [-0.1, -0.05) is 18.2 Å². The molecule has 3 rings (SSSR count). The minimum Gasteiger partial charge on any atom is -0.373 e. The number of anilines is 1. The smallest absolute Gasteiger partial charge is 0.254 e. The van der Waals surface area contributed by atoms with E-state index in [4.69, 9.17) is 4.98 Å². The first kappa shape index (κ1) is 19.8. The molecule has 1 atom stereocenters. The number of likely N-dealkylation sites (tertiary alicyclic amines) is 1. The van der Waals surface area contributed by atoms with E-state index < -0.39 is 0 Å². The van der Waals surface area contributed by atoms with Crippen LogP contribution in [0.25, 0.3) is 0 Å². The lowest BCUT2D eigenvalue weighted by atomic mass is 10.00. The molecule has 7 heteroatoms. The number of piperidine rings is 1. The van der Waals surface area contributed by atoms with Gasteiger partial charge in [0.05, 0.1) is 18.3 Å². The molecule has 2 amide bonds. The van der Waals surface area contributed by atoms with Crippen molar-refractivity contribution in [3.63, 3.8) is 0 Å². The van der Waals surface area contributed by atoms with Crippen LogP contribution in [0.1, 0.15) is 54.1 Å². The minimum atomic E-state index is -0.170. The number of nitrogens with one attached hydrogen (secondary N) is 1. The van der Waals surface area contributed by atoms with Crippen molar-refractivity contribution in [3.8, 4) is 0 Å². The van der Waals surface area contributed by atoms with Crippen LogP contribution in [-0.2, 0) is 11.3 Å². The third-order valence-corrected chi connectivity index (χ3v) is 5.07.